The third kappa shape index (κ3) is 2.79. The van der Waals surface area contributed by atoms with Crippen LogP contribution in [0, 0.1) is 6.92 Å². The molecule has 2 aromatic heterocycles. The Hall–Kier alpha value is -1.62. The predicted octanol–water partition coefficient (Wildman–Crippen LogP) is 2.81. The highest BCUT2D eigenvalue weighted by atomic mass is 32.1. The van der Waals surface area contributed by atoms with Crippen LogP contribution in [0.5, 0.6) is 0 Å². The van der Waals surface area contributed by atoms with E-state index in [4.69, 9.17) is 0 Å². The van der Waals surface area contributed by atoms with Crippen LogP contribution < -0.4 is 10.9 Å². The number of hydrogen-bond donors (Lipinski definition) is 1. The van der Waals surface area contributed by atoms with Crippen molar-refractivity contribution in [2.24, 2.45) is 0 Å². The van der Waals surface area contributed by atoms with E-state index < -0.39 is 0 Å². The number of nitrogens with one attached hydrogen (secondary N) is 1. The quantitative estimate of drug-likeness (QED) is 0.922. The Morgan fingerprint density at radius 3 is 2.83 bits per heavy atom. The Morgan fingerprint density at radius 2 is 2.22 bits per heavy atom. The summed E-state index contributed by atoms with van der Waals surface area (Å²) in [6, 6.07) is 4.29. The van der Waals surface area contributed by atoms with Gasteiger partial charge >= 0.3 is 0 Å². The van der Waals surface area contributed by atoms with Crippen molar-refractivity contribution in [2.75, 3.05) is 5.32 Å². The van der Waals surface area contributed by atoms with Gasteiger partial charge in [-0.05, 0) is 32.9 Å². The highest BCUT2D eigenvalue weighted by Gasteiger charge is 2.07. The Morgan fingerprint density at radius 1 is 1.44 bits per heavy atom. The fourth-order valence-corrected chi connectivity index (χ4v) is 2.53. The number of nitrogens with zero attached hydrogens (tertiary/aromatic N) is 2. The molecule has 0 saturated carbocycles. The monoisotopic (exact) mass is 263 g/mol. The normalized spacial score (nSPS) is 10.9. The Bertz CT molecular complexity index is 586. The second-order valence-electron chi connectivity index (χ2n) is 4.45. The van der Waals surface area contributed by atoms with E-state index in [2.05, 4.69) is 29.4 Å². The highest BCUT2D eigenvalue weighted by Crippen LogP contribution is 2.15. The first kappa shape index (κ1) is 12.8. The molecule has 0 aliphatic carbocycles. The van der Waals surface area contributed by atoms with Gasteiger partial charge in [0.05, 0.1) is 6.54 Å². The van der Waals surface area contributed by atoms with Gasteiger partial charge in [0.1, 0.15) is 0 Å². The number of aryl methyl sites for hydroxylation is 1. The molecule has 0 unspecified atom stereocenters. The number of anilines is 1. The van der Waals surface area contributed by atoms with E-state index in [1.165, 1.54) is 9.75 Å². The van der Waals surface area contributed by atoms with Crippen LogP contribution in [-0.4, -0.2) is 9.55 Å². The zero-order chi connectivity index (χ0) is 13.1. The fourth-order valence-electron chi connectivity index (χ4n) is 1.70. The molecule has 2 aromatic rings. The van der Waals surface area contributed by atoms with E-state index in [-0.39, 0.29) is 11.6 Å². The summed E-state index contributed by atoms with van der Waals surface area (Å²) in [4.78, 5) is 18.7. The maximum atomic E-state index is 12.1. The Balaban J connectivity index is 2.15. The van der Waals surface area contributed by atoms with E-state index in [9.17, 15) is 4.79 Å². The van der Waals surface area contributed by atoms with Crippen molar-refractivity contribution >= 4 is 17.2 Å². The molecule has 0 saturated heterocycles. The average Bonchev–Trinajstić information content (AvgIpc) is 2.73. The summed E-state index contributed by atoms with van der Waals surface area (Å²) in [7, 11) is 0. The average molecular weight is 263 g/mol. The minimum absolute atomic E-state index is 0.0687. The topological polar surface area (TPSA) is 46.9 Å². The molecule has 0 aromatic carbocycles. The summed E-state index contributed by atoms with van der Waals surface area (Å²) in [5.41, 5.74) is -0.0687. The first-order valence-electron chi connectivity index (χ1n) is 5.94. The van der Waals surface area contributed by atoms with Gasteiger partial charge in [0.15, 0.2) is 5.82 Å². The van der Waals surface area contributed by atoms with Crippen molar-refractivity contribution in [3.8, 4) is 0 Å². The van der Waals surface area contributed by atoms with Crippen molar-refractivity contribution in [1.29, 1.82) is 0 Å². The van der Waals surface area contributed by atoms with Crippen LogP contribution in [0.25, 0.3) is 0 Å². The smallest absolute Gasteiger partial charge is 0.293 e. The van der Waals surface area contributed by atoms with Crippen LogP contribution in [0.3, 0.4) is 0 Å². The van der Waals surface area contributed by atoms with Gasteiger partial charge in [0.2, 0.25) is 0 Å². The van der Waals surface area contributed by atoms with Gasteiger partial charge in [-0.2, -0.15) is 0 Å². The van der Waals surface area contributed by atoms with Crippen molar-refractivity contribution in [1.82, 2.24) is 9.55 Å². The van der Waals surface area contributed by atoms with Crippen LogP contribution in [0.15, 0.2) is 29.3 Å². The standard InChI is InChI=1S/C13H17N3OS/c1-9(2)16-7-6-14-12(13(16)17)15-8-11-5-4-10(3)18-11/h4-7,9H,8H2,1-3H3,(H,14,15). The van der Waals surface area contributed by atoms with Crippen LogP contribution in [0.1, 0.15) is 29.6 Å². The van der Waals surface area contributed by atoms with E-state index in [0.29, 0.717) is 12.4 Å². The van der Waals surface area contributed by atoms with Crippen molar-refractivity contribution in [2.45, 2.75) is 33.4 Å². The van der Waals surface area contributed by atoms with Crippen LogP contribution in [-0.2, 0) is 6.54 Å². The van der Waals surface area contributed by atoms with Crippen LogP contribution >= 0.6 is 11.3 Å². The lowest BCUT2D eigenvalue weighted by atomic mass is 10.4. The summed E-state index contributed by atoms with van der Waals surface area (Å²) < 4.78 is 1.68. The Labute approximate surface area is 110 Å². The molecule has 1 N–H and O–H groups in total. The largest absolute Gasteiger partial charge is 0.361 e. The Kier molecular flexibility index (Phi) is 3.81. The highest BCUT2D eigenvalue weighted by molar-refractivity contribution is 7.11. The first-order chi connectivity index (χ1) is 8.58. The molecule has 0 bridgehead atoms. The van der Waals surface area contributed by atoms with Crippen molar-refractivity contribution < 1.29 is 0 Å². The van der Waals surface area contributed by atoms with Gasteiger partial charge in [-0.15, -0.1) is 11.3 Å². The lowest BCUT2D eigenvalue weighted by Gasteiger charge is -2.11. The second kappa shape index (κ2) is 5.35. The number of hydrogen-bond acceptors (Lipinski definition) is 4. The lowest BCUT2D eigenvalue weighted by molar-refractivity contribution is 0.575. The minimum Gasteiger partial charge on any atom is -0.361 e. The van der Waals surface area contributed by atoms with Gasteiger partial charge in [-0.1, -0.05) is 0 Å². The molecule has 18 heavy (non-hydrogen) atoms. The molecule has 2 rings (SSSR count). The number of aromatic nitrogens is 2. The molecular weight excluding hydrogens is 246 g/mol. The van der Waals surface area contributed by atoms with Gasteiger partial charge in [-0.3, -0.25) is 4.79 Å². The summed E-state index contributed by atoms with van der Waals surface area (Å²) >= 11 is 1.72. The van der Waals surface area contributed by atoms with Crippen LogP contribution in [0.2, 0.25) is 0 Å². The molecule has 0 atom stereocenters. The minimum atomic E-state index is -0.0687. The van der Waals surface area contributed by atoms with E-state index in [1.807, 2.05) is 13.8 Å². The van der Waals surface area contributed by atoms with Gasteiger partial charge < -0.3 is 9.88 Å². The van der Waals surface area contributed by atoms with E-state index in [0.717, 1.165) is 0 Å². The zero-order valence-electron chi connectivity index (χ0n) is 10.8. The zero-order valence-corrected chi connectivity index (χ0v) is 11.6. The molecule has 0 amide bonds. The summed E-state index contributed by atoms with van der Waals surface area (Å²) in [5, 5.41) is 3.10. The van der Waals surface area contributed by atoms with Gasteiger partial charge in [-0.25, -0.2) is 4.98 Å². The second-order valence-corrected chi connectivity index (χ2v) is 5.82. The molecule has 4 nitrogen and oxygen atoms in total. The maximum Gasteiger partial charge on any atom is 0.293 e. The molecule has 0 aliphatic rings. The molecular formula is C13H17N3OS. The SMILES string of the molecule is Cc1ccc(CNc2nccn(C(C)C)c2=O)s1. The third-order valence-corrected chi connectivity index (χ3v) is 3.65. The van der Waals surface area contributed by atoms with Crippen molar-refractivity contribution in [3.63, 3.8) is 0 Å². The van der Waals surface area contributed by atoms with Crippen molar-refractivity contribution in [3.05, 3.63) is 44.6 Å². The fraction of sp³-hybridized carbons (Fsp3) is 0.385. The molecule has 5 heteroatoms. The van der Waals surface area contributed by atoms with Gasteiger partial charge in [0, 0.05) is 28.2 Å². The third-order valence-electron chi connectivity index (χ3n) is 2.65. The number of thiophene rings is 1. The first-order valence-corrected chi connectivity index (χ1v) is 6.76. The molecule has 2 heterocycles. The molecule has 0 aliphatic heterocycles. The summed E-state index contributed by atoms with van der Waals surface area (Å²) in [6.07, 6.45) is 3.37. The maximum absolute atomic E-state index is 12.1. The predicted molar refractivity (Wildman–Crippen MR) is 75.3 cm³/mol. The number of rotatable bonds is 4. The lowest BCUT2D eigenvalue weighted by Crippen LogP contribution is -2.25. The summed E-state index contributed by atoms with van der Waals surface area (Å²) in [6.45, 7) is 6.67. The van der Waals surface area contributed by atoms with Gasteiger partial charge in [0.25, 0.3) is 5.56 Å². The molecule has 0 spiro atoms. The summed E-state index contributed by atoms with van der Waals surface area (Å²) in [5.74, 6) is 0.414. The molecule has 96 valence electrons. The van der Waals surface area contributed by atoms with E-state index in [1.54, 1.807) is 28.3 Å². The van der Waals surface area contributed by atoms with Crippen LogP contribution in [0.4, 0.5) is 5.82 Å². The molecule has 0 fully saturated rings. The van der Waals surface area contributed by atoms with E-state index >= 15 is 0 Å². The molecule has 0 radical (unpaired) electrons.